The molecule has 0 aliphatic carbocycles. The molecule has 0 aromatic heterocycles. The van der Waals surface area contributed by atoms with Gasteiger partial charge in [-0.25, -0.2) is 0 Å². The molecule has 1 aromatic rings. The highest BCUT2D eigenvalue weighted by Crippen LogP contribution is 2.39. The van der Waals surface area contributed by atoms with Gasteiger partial charge in [0.15, 0.2) is 0 Å². The van der Waals surface area contributed by atoms with E-state index >= 15 is 0 Å². The van der Waals surface area contributed by atoms with Crippen LogP contribution in [0.15, 0.2) is 12.1 Å². The van der Waals surface area contributed by atoms with Gasteiger partial charge < -0.3 is 9.84 Å². The molecule has 3 nitrogen and oxygen atoms in total. The van der Waals surface area contributed by atoms with Crippen LogP contribution < -0.4 is 0 Å². The number of unbranched alkanes of at least 4 members (excludes halogenated alkanes) is 1. The van der Waals surface area contributed by atoms with Gasteiger partial charge in [0.05, 0.1) is 6.61 Å². The molecule has 0 spiro atoms. The van der Waals surface area contributed by atoms with Crippen molar-refractivity contribution in [2.24, 2.45) is 0 Å². The number of hydrogen-bond acceptors (Lipinski definition) is 3. The molecule has 0 saturated heterocycles. The molecule has 3 heteroatoms. The number of aryl methyl sites for hydroxylation is 1. The maximum absolute atomic E-state index is 11.9. The molecule has 1 aromatic carbocycles. The van der Waals surface area contributed by atoms with Crippen LogP contribution in [0.25, 0.3) is 0 Å². The van der Waals surface area contributed by atoms with Crippen molar-refractivity contribution >= 4 is 5.97 Å². The van der Waals surface area contributed by atoms with Gasteiger partial charge in [-0.15, -0.1) is 0 Å². The molecule has 164 valence electrons. The molecule has 0 saturated carbocycles. The molecule has 28 heavy (non-hydrogen) atoms. The minimum atomic E-state index is -0.151. The minimum Gasteiger partial charge on any atom is -0.507 e. The van der Waals surface area contributed by atoms with Gasteiger partial charge in [-0.05, 0) is 40.4 Å². The second-order valence-electron chi connectivity index (χ2n) is 8.61. The lowest BCUT2D eigenvalue weighted by atomic mass is 9.78. The lowest BCUT2D eigenvalue weighted by molar-refractivity contribution is -0.143. The standard InChI is InChI=1S/C21H34O3.2C2H6/c1-8-9-12-24-18(22)11-10-15-13-16(20(2,3)4)19(23)17(14-15)21(5,6)7;2*1-2/h13-14,23H,8-12H2,1-7H3;2*1-2H3. The van der Waals surface area contributed by atoms with Gasteiger partial charge in [0.2, 0.25) is 0 Å². The summed E-state index contributed by atoms with van der Waals surface area (Å²) in [7, 11) is 0. The summed E-state index contributed by atoms with van der Waals surface area (Å²) in [5.74, 6) is 0.232. The van der Waals surface area contributed by atoms with E-state index in [2.05, 4.69) is 48.5 Å². The number of carbonyl (C=O) groups excluding carboxylic acids is 1. The van der Waals surface area contributed by atoms with Crippen LogP contribution in [0.4, 0.5) is 0 Å². The van der Waals surface area contributed by atoms with Crippen molar-refractivity contribution in [2.75, 3.05) is 6.61 Å². The molecule has 0 aliphatic heterocycles. The second kappa shape index (κ2) is 13.6. The van der Waals surface area contributed by atoms with Crippen LogP contribution >= 0.6 is 0 Å². The quantitative estimate of drug-likeness (QED) is 0.406. The van der Waals surface area contributed by atoms with Gasteiger partial charge in [-0.3, -0.25) is 4.79 Å². The Balaban J connectivity index is 0. The lowest BCUT2D eigenvalue weighted by Gasteiger charge is -2.28. The van der Waals surface area contributed by atoms with Crippen LogP contribution in [0.2, 0.25) is 0 Å². The Kier molecular flexibility index (Phi) is 14.0. The molecule has 1 N–H and O–H groups in total. The van der Waals surface area contributed by atoms with E-state index in [4.69, 9.17) is 4.74 Å². The molecular weight excluding hydrogens is 348 g/mol. The average Bonchev–Trinajstić information content (AvgIpc) is 2.62. The SMILES string of the molecule is CC.CC.CCCCOC(=O)CCc1cc(C(C)(C)C)c(O)c(C(C)(C)C)c1. The third kappa shape index (κ3) is 10.1. The first-order valence-corrected chi connectivity index (χ1v) is 11.0. The summed E-state index contributed by atoms with van der Waals surface area (Å²) in [6.07, 6.45) is 2.95. The van der Waals surface area contributed by atoms with E-state index in [1.54, 1.807) is 0 Å². The highest BCUT2D eigenvalue weighted by atomic mass is 16.5. The van der Waals surface area contributed by atoms with Crippen molar-refractivity contribution in [3.8, 4) is 5.75 Å². The number of rotatable bonds is 6. The number of phenols is 1. The smallest absolute Gasteiger partial charge is 0.306 e. The van der Waals surface area contributed by atoms with E-state index in [0.717, 1.165) is 29.5 Å². The zero-order valence-electron chi connectivity index (χ0n) is 20.5. The number of phenolic OH excluding ortho intramolecular Hbond substituents is 1. The van der Waals surface area contributed by atoms with Gasteiger partial charge in [0.25, 0.3) is 0 Å². The van der Waals surface area contributed by atoms with E-state index in [-0.39, 0.29) is 16.8 Å². The largest absolute Gasteiger partial charge is 0.507 e. The molecule has 0 bridgehead atoms. The predicted molar refractivity (Wildman–Crippen MR) is 122 cm³/mol. The van der Waals surface area contributed by atoms with Crippen LogP contribution in [0.3, 0.4) is 0 Å². The maximum atomic E-state index is 11.9. The van der Waals surface area contributed by atoms with E-state index in [0.29, 0.717) is 25.2 Å². The Morgan fingerprint density at radius 2 is 1.36 bits per heavy atom. The summed E-state index contributed by atoms with van der Waals surface area (Å²) >= 11 is 0. The highest BCUT2D eigenvalue weighted by Gasteiger charge is 2.26. The van der Waals surface area contributed by atoms with Crippen LogP contribution in [0, 0.1) is 0 Å². The average molecular weight is 395 g/mol. The third-order valence-corrected chi connectivity index (χ3v) is 4.16. The fraction of sp³-hybridized carbons (Fsp3) is 0.720. The van der Waals surface area contributed by atoms with Crippen LogP contribution in [-0.4, -0.2) is 17.7 Å². The molecular formula is C25H46O3. The Hall–Kier alpha value is -1.51. The number of hydrogen-bond donors (Lipinski definition) is 1. The van der Waals surface area contributed by atoms with E-state index in [1.165, 1.54) is 0 Å². The van der Waals surface area contributed by atoms with Crippen molar-refractivity contribution < 1.29 is 14.6 Å². The van der Waals surface area contributed by atoms with Crippen molar-refractivity contribution in [3.05, 3.63) is 28.8 Å². The summed E-state index contributed by atoms with van der Waals surface area (Å²) in [5, 5.41) is 10.7. The minimum absolute atomic E-state index is 0.147. The summed E-state index contributed by atoms with van der Waals surface area (Å²) in [6, 6.07) is 4.06. The fourth-order valence-electron chi connectivity index (χ4n) is 2.63. The highest BCUT2D eigenvalue weighted by molar-refractivity contribution is 5.69. The van der Waals surface area contributed by atoms with Crippen molar-refractivity contribution in [1.82, 2.24) is 0 Å². The molecule has 0 fully saturated rings. The first kappa shape index (κ1) is 28.7. The van der Waals surface area contributed by atoms with Crippen LogP contribution in [0.1, 0.15) is 112 Å². The number of benzene rings is 1. The number of carbonyl (C=O) groups is 1. The van der Waals surface area contributed by atoms with E-state index in [1.807, 2.05) is 39.8 Å². The van der Waals surface area contributed by atoms with Gasteiger partial charge in [-0.1, -0.05) is 94.7 Å². The maximum Gasteiger partial charge on any atom is 0.306 e. The summed E-state index contributed by atoms with van der Waals surface area (Å²) in [6.45, 7) is 23.1. The molecule has 0 radical (unpaired) electrons. The van der Waals surface area contributed by atoms with Crippen molar-refractivity contribution in [3.63, 3.8) is 0 Å². The third-order valence-electron chi connectivity index (χ3n) is 4.16. The van der Waals surface area contributed by atoms with Crippen molar-refractivity contribution in [1.29, 1.82) is 0 Å². The molecule has 1 rings (SSSR count). The zero-order chi connectivity index (χ0) is 22.5. The Morgan fingerprint density at radius 3 is 1.71 bits per heavy atom. The Morgan fingerprint density at radius 1 is 0.929 bits per heavy atom. The zero-order valence-corrected chi connectivity index (χ0v) is 20.5. The summed E-state index contributed by atoms with van der Waals surface area (Å²) in [5.41, 5.74) is 2.65. The lowest BCUT2D eigenvalue weighted by Crippen LogP contribution is -2.18. The van der Waals surface area contributed by atoms with Crippen LogP contribution in [0.5, 0.6) is 5.75 Å². The fourth-order valence-corrected chi connectivity index (χ4v) is 2.63. The number of esters is 1. The monoisotopic (exact) mass is 394 g/mol. The normalized spacial score (nSPS) is 11.0. The topological polar surface area (TPSA) is 46.5 Å². The number of aromatic hydroxyl groups is 1. The Labute approximate surface area is 174 Å². The van der Waals surface area contributed by atoms with Crippen molar-refractivity contribution in [2.45, 2.75) is 113 Å². The summed E-state index contributed by atoms with van der Waals surface area (Å²) in [4.78, 5) is 11.9. The van der Waals surface area contributed by atoms with E-state index < -0.39 is 0 Å². The predicted octanol–water partition coefficient (Wildman–Crippen LogP) is 7.32. The number of ether oxygens (including phenoxy) is 1. The molecule has 0 amide bonds. The van der Waals surface area contributed by atoms with Gasteiger partial charge in [-0.2, -0.15) is 0 Å². The van der Waals surface area contributed by atoms with Gasteiger partial charge in [0.1, 0.15) is 5.75 Å². The van der Waals surface area contributed by atoms with Gasteiger partial charge >= 0.3 is 5.97 Å². The first-order chi connectivity index (χ1) is 13.0. The van der Waals surface area contributed by atoms with E-state index in [9.17, 15) is 9.90 Å². The first-order valence-electron chi connectivity index (χ1n) is 11.0. The van der Waals surface area contributed by atoms with Gasteiger partial charge in [0, 0.05) is 6.42 Å². The Bertz CT molecular complexity index is 525. The summed E-state index contributed by atoms with van der Waals surface area (Å²) < 4.78 is 5.23. The molecule has 0 heterocycles. The second-order valence-corrected chi connectivity index (χ2v) is 8.61. The molecule has 0 unspecified atom stereocenters. The van der Waals surface area contributed by atoms with Crippen LogP contribution in [-0.2, 0) is 26.8 Å². The molecule has 0 aliphatic rings. The molecule has 0 atom stereocenters.